The van der Waals surface area contributed by atoms with Gasteiger partial charge in [0.2, 0.25) is 0 Å². The van der Waals surface area contributed by atoms with E-state index in [0.29, 0.717) is 10.9 Å². The Kier molecular flexibility index (Phi) is 9.75. The van der Waals surface area contributed by atoms with E-state index in [1.807, 2.05) is 6.07 Å². The van der Waals surface area contributed by atoms with Gasteiger partial charge >= 0.3 is 5.97 Å². The third kappa shape index (κ3) is 8.52. The lowest BCUT2D eigenvalue weighted by Gasteiger charge is -2.21. The lowest BCUT2D eigenvalue weighted by atomic mass is 10.0. The van der Waals surface area contributed by atoms with E-state index in [1.54, 1.807) is 38.1 Å². The molecule has 0 bridgehead atoms. The maximum atomic E-state index is 11.8. The molecule has 3 nitrogen and oxygen atoms in total. The number of halogens is 1. The highest BCUT2D eigenvalue weighted by molar-refractivity contribution is 9.09. The molecule has 132 valence electrons. The summed E-state index contributed by atoms with van der Waals surface area (Å²) in [5.41, 5.74) is -0.410. The molecule has 1 N–H and O–H groups in total. The molecule has 1 aromatic carbocycles. The molecule has 0 spiro atoms. The smallest absolute Gasteiger partial charge is 0.341 e. The molecule has 1 aliphatic rings. The van der Waals surface area contributed by atoms with Crippen LogP contribution in [0.25, 0.3) is 0 Å². The van der Waals surface area contributed by atoms with Gasteiger partial charge in [-0.1, -0.05) is 96.6 Å². The Bertz CT molecular complexity index is 527. The second-order valence-electron chi connectivity index (χ2n) is 6.30. The van der Waals surface area contributed by atoms with E-state index in [4.69, 9.17) is 4.74 Å². The second-order valence-corrected chi connectivity index (χ2v) is 6.86. The minimum atomic E-state index is -1.28. The zero-order valence-corrected chi connectivity index (χ0v) is 16.1. The Morgan fingerprint density at radius 1 is 1.17 bits per heavy atom. The Morgan fingerprint density at radius 2 is 1.67 bits per heavy atom. The highest BCUT2D eigenvalue weighted by atomic mass is 79.9. The van der Waals surface area contributed by atoms with Crippen molar-refractivity contribution in [1.29, 1.82) is 0 Å². The first-order chi connectivity index (χ1) is 11.5. The zero-order valence-electron chi connectivity index (χ0n) is 14.6. The second kappa shape index (κ2) is 11.3. The van der Waals surface area contributed by atoms with Gasteiger partial charge in [-0.05, 0) is 19.4 Å². The van der Waals surface area contributed by atoms with E-state index in [9.17, 15) is 9.90 Å². The van der Waals surface area contributed by atoms with Crippen molar-refractivity contribution in [3.63, 3.8) is 0 Å². The minimum Gasteiger partial charge on any atom is -0.444 e. The number of benzene rings is 1. The van der Waals surface area contributed by atoms with Crippen LogP contribution in [-0.2, 0) is 9.53 Å². The maximum absolute atomic E-state index is 11.8. The summed E-state index contributed by atoms with van der Waals surface area (Å²) < 4.78 is 5.17. The Hall–Kier alpha value is -1.31. The summed E-state index contributed by atoms with van der Waals surface area (Å²) in [5.74, 6) is 4.88. The van der Waals surface area contributed by atoms with Crippen molar-refractivity contribution in [3.8, 4) is 11.8 Å². The number of aliphatic hydroxyl groups is 1. The van der Waals surface area contributed by atoms with Crippen LogP contribution in [0.1, 0.15) is 64.0 Å². The van der Waals surface area contributed by atoms with Gasteiger partial charge in [0.25, 0.3) is 0 Å². The summed E-state index contributed by atoms with van der Waals surface area (Å²) >= 11 is 3.17. The lowest BCUT2D eigenvalue weighted by Crippen LogP contribution is -2.29. The SMILES string of the molecule is C1CCCCC1.CC(C)(C#CCBr)OC(=O)C(O)c1ccccc1. The number of esters is 1. The number of carbonyl (C=O) groups excluding carboxylic acids is 1. The standard InChI is InChI=1S/C14H15BrO3.C6H12/c1-14(2,9-6-10-15)18-13(17)12(16)11-7-4-3-5-8-11;1-2-4-6-5-3-1/h3-5,7-8,12,16H,10H2,1-2H3;1-6H2. The number of ether oxygens (including phenoxy) is 1. The van der Waals surface area contributed by atoms with Crippen molar-refractivity contribution in [2.45, 2.75) is 64.1 Å². The van der Waals surface area contributed by atoms with E-state index < -0.39 is 17.7 Å². The van der Waals surface area contributed by atoms with Crippen molar-refractivity contribution in [1.82, 2.24) is 0 Å². The van der Waals surface area contributed by atoms with Gasteiger partial charge in [-0.3, -0.25) is 0 Å². The van der Waals surface area contributed by atoms with Gasteiger partial charge in [-0.15, -0.1) is 0 Å². The molecule has 1 aromatic rings. The number of aliphatic hydroxyl groups excluding tert-OH is 1. The van der Waals surface area contributed by atoms with Crippen LogP contribution in [0.5, 0.6) is 0 Å². The van der Waals surface area contributed by atoms with Gasteiger partial charge in [0.1, 0.15) is 0 Å². The van der Waals surface area contributed by atoms with E-state index >= 15 is 0 Å². The van der Waals surface area contributed by atoms with Crippen LogP contribution in [0.4, 0.5) is 0 Å². The molecule has 0 radical (unpaired) electrons. The molecule has 1 aliphatic carbocycles. The topological polar surface area (TPSA) is 46.5 Å². The van der Waals surface area contributed by atoms with E-state index in [-0.39, 0.29) is 0 Å². The van der Waals surface area contributed by atoms with E-state index in [1.165, 1.54) is 38.5 Å². The van der Waals surface area contributed by atoms with Crippen LogP contribution in [0.3, 0.4) is 0 Å². The van der Waals surface area contributed by atoms with E-state index in [0.717, 1.165) is 0 Å². The molecule has 0 heterocycles. The van der Waals surface area contributed by atoms with Crippen LogP contribution in [0.15, 0.2) is 30.3 Å². The van der Waals surface area contributed by atoms with Gasteiger partial charge < -0.3 is 9.84 Å². The van der Waals surface area contributed by atoms with Gasteiger partial charge in [-0.2, -0.15) is 0 Å². The zero-order chi connectivity index (χ0) is 17.8. The number of hydrogen-bond donors (Lipinski definition) is 1. The minimum absolute atomic E-state index is 0.506. The van der Waals surface area contributed by atoms with Crippen LogP contribution >= 0.6 is 15.9 Å². The molecule has 4 heteroatoms. The maximum Gasteiger partial charge on any atom is 0.341 e. The highest BCUT2D eigenvalue weighted by Gasteiger charge is 2.26. The van der Waals surface area contributed by atoms with Crippen LogP contribution < -0.4 is 0 Å². The van der Waals surface area contributed by atoms with Crippen LogP contribution in [-0.4, -0.2) is 22.0 Å². The fourth-order valence-electron chi connectivity index (χ4n) is 2.41. The molecule has 1 saturated carbocycles. The summed E-state index contributed by atoms with van der Waals surface area (Å²) in [6, 6.07) is 8.66. The first-order valence-corrected chi connectivity index (χ1v) is 9.60. The molecule has 0 aliphatic heterocycles. The fourth-order valence-corrected chi connectivity index (χ4v) is 2.55. The number of rotatable bonds is 3. The van der Waals surface area contributed by atoms with Crippen molar-refractivity contribution < 1.29 is 14.6 Å². The fraction of sp³-hybridized carbons (Fsp3) is 0.550. The summed E-state index contributed by atoms with van der Waals surface area (Å²) in [4.78, 5) is 11.8. The molecule has 0 aromatic heterocycles. The first-order valence-electron chi connectivity index (χ1n) is 8.48. The van der Waals surface area contributed by atoms with Crippen LogP contribution in [0.2, 0.25) is 0 Å². The summed E-state index contributed by atoms with van der Waals surface area (Å²) in [5, 5.41) is 10.4. The summed E-state index contributed by atoms with van der Waals surface area (Å²) in [6.45, 7) is 3.36. The largest absolute Gasteiger partial charge is 0.444 e. The molecule has 1 unspecified atom stereocenters. The monoisotopic (exact) mass is 394 g/mol. The number of carbonyl (C=O) groups is 1. The number of alkyl halides is 1. The summed E-state index contributed by atoms with van der Waals surface area (Å²) in [6.07, 6.45) is 7.72. The Morgan fingerprint density at radius 3 is 2.12 bits per heavy atom. The molecular weight excluding hydrogens is 368 g/mol. The average Bonchev–Trinajstić information content (AvgIpc) is 2.62. The molecular formula is C20H27BrO3. The third-order valence-electron chi connectivity index (χ3n) is 3.65. The van der Waals surface area contributed by atoms with Gasteiger partial charge in [0, 0.05) is 0 Å². The quantitative estimate of drug-likeness (QED) is 0.455. The normalized spacial score (nSPS) is 15.2. The van der Waals surface area contributed by atoms with Gasteiger partial charge in [0.15, 0.2) is 11.7 Å². The summed E-state index contributed by atoms with van der Waals surface area (Å²) in [7, 11) is 0. The van der Waals surface area contributed by atoms with Crippen molar-refractivity contribution in [2.24, 2.45) is 0 Å². The molecule has 2 rings (SSSR count). The molecule has 0 saturated heterocycles. The van der Waals surface area contributed by atoms with Crippen LogP contribution in [0, 0.1) is 11.8 Å². The van der Waals surface area contributed by atoms with Gasteiger partial charge in [0.05, 0.1) is 5.33 Å². The molecule has 1 atom stereocenters. The predicted octanol–water partition coefficient (Wildman–Crippen LogP) is 4.78. The molecule has 24 heavy (non-hydrogen) atoms. The van der Waals surface area contributed by atoms with Gasteiger partial charge in [-0.25, -0.2) is 4.79 Å². The average molecular weight is 395 g/mol. The Balaban J connectivity index is 0.000000400. The third-order valence-corrected chi connectivity index (χ3v) is 3.93. The number of hydrogen-bond acceptors (Lipinski definition) is 3. The predicted molar refractivity (Wildman–Crippen MR) is 101 cm³/mol. The lowest BCUT2D eigenvalue weighted by molar-refractivity contribution is -0.162. The van der Waals surface area contributed by atoms with Crippen molar-refractivity contribution in [2.75, 3.05) is 5.33 Å². The van der Waals surface area contributed by atoms with Crippen molar-refractivity contribution >= 4 is 21.9 Å². The Labute approximate surface area is 153 Å². The highest BCUT2D eigenvalue weighted by Crippen LogP contribution is 2.18. The van der Waals surface area contributed by atoms with Crippen molar-refractivity contribution in [3.05, 3.63) is 35.9 Å². The van der Waals surface area contributed by atoms with E-state index in [2.05, 4.69) is 27.8 Å². The first kappa shape index (κ1) is 20.7. The molecule has 1 fully saturated rings. The molecule has 0 amide bonds.